The molecule has 0 aromatic heterocycles. The first-order valence-electron chi connectivity index (χ1n) is 9.86. The number of ether oxygens (including phenoxy) is 3. The Morgan fingerprint density at radius 2 is 1.93 bits per heavy atom. The number of halogens is 2. The van der Waals surface area contributed by atoms with E-state index < -0.39 is 5.60 Å². The summed E-state index contributed by atoms with van der Waals surface area (Å²) in [6, 6.07) is 3.30. The number of hydrogen-bond acceptors (Lipinski definition) is 6. The zero-order valence-corrected chi connectivity index (χ0v) is 19.6. The van der Waals surface area contributed by atoms with Crippen LogP contribution >= 0.6 is 23.2 Å². The second-order valence-electron chi connectivity index (χ2n) is 8.23. The molecule has 1 aliphatic rings. The Morgan fingerprint density at radius 3 is 2.53 bits per heavy atom. The van der Waals surface area contributed by atoms with E-state index in [2.05, 4.69) is 10.1 Å². The zero-order valence-electron chi connectivity index (χ0n) is 18.1. The van der Waals surface area contributed by atoms with Crippen LogP contribution in [-0.2, 0) is 14.3 Å². The molecule has 9 heteroatoms. The molecule has 1 aromatic carbocycles. The summed E-state index contributed by atoms with van der Waals surface area (Å²) >= 11 is 12.8. The van der Waals surface area contributed by atoms with Gasteiger partial charge in [-0.3, -0.25) is 4.79 Å². The van der Waals surface area contributed by atoms with Gasteiger partial charge in [0, 0.05) is 24.7 Å². The minimum Gasteiger partial charge on any atom is -0.496 e. The van der Waals surface area contributed by atoms with Gasteiger partial charge in [0.15, 0.2) is 0 Å². The number of rotatable bonds is 6. The van der Waals surface area contributed by atoms with Crippen LogP contribution in [0.3, 0.4) is 0 Å². The largest absolute Gasteiger partial charge is 0.496 e. The molecule has 0 spiro atoms. The number of carbonyl (C=O) groups excluding carboxylic acids is 2. The fourth-order valence-electron chi connectivity index (χ4n) is 3.59. The van der Waals surface area contributed by atoms with Gasteiger partial charge < -0.3 is 24.4 Å². The molecule has 7 nitrogen and oxygen atoms in total. The van der Waals surface area contributed by atoms with E-state index in [0.717, 1.165) is 5.56 Å². The smallest absolute Gasteiger partial charge is 0.410 e. The molecule has 1 N–H and O–H groups in total. The van der Waals surface area contributed by atoms with Crippen molar-refractivity contribution in [2.24, 2.45) is 0 Å². The molecule has 30 heavy (non-hydrogen) atoms. The van der Waals surface area contributed by atoms with Crippen molar-refractivity contribution >= 4 is 35.3 Å². The molecular weight excluding hydrogens is 431 g/mol. The van der Waals surface area contributed by atoms with Crippen LogP contribution in [0, 0.1) is 0 Å². The highest BCUT2D eigenvalue weighted by atomic mass is 35.5. The molecule has 1 amide bonds. The van der Waals surface area contributed by atoms with Gasteiger partial charge in [-0.25, -0.2) is 4.79 Å². The number of esters is 1. The zero-order chi connectivity index (χ0) is 22.5. The van der Waals surface area contributed by atoms with Crippen molar-refractivity contribution < 1.29 is 23.8 Å². The Labute approximate surface area is 187 Å². The molecule has 0 saturated carbocycles. The Balaban J connectivity index is 2.24. The van der Waals surface area contributed by atoms with Gasteiger partial charge >= 0.3 is 12.1 Å². The lowest BCUT2D eigenvalue weighted by atomic mass is 9.84. The molecule has 0 bridgehead atoms. The quantitative estimate of drug-likeness (QED) is 0.639. The maximum absolute atomic E-state index is 12.8. The standard InChI is InChI=1S/C21H30Cl2N2O5/c1-21(2,3)30-20(27)25-9-8-13(10-14(25)11-24-12-17(26)29-5)18-16(28-4)7-6-15(22)19(18)23/h6-7,13-14,24H,8-12H2,1-5H3. The van der Waals surface area contributed by atoms with Crippen LogP contribution in [0.4, 0.5) is 4.79 Å². The second-order valence-corrected chi connectivity index (χ2v) is 9.02. The first-order chi connectivity index (χ1) is 14.1. The van der Waals surface area contributed by atoms with E-state index in [-0.39, 0.29) is 30.6 Å². The third-order valence-electron chi connectivity index (χ3n) is 4.94. The van der Waals surface area contributed by atoms with Gasteiger partial charge in [0.05, 0.1) is 30.8 Å². The first-order valence-corrected chi connectivity index (χ1v) is 10.6. The summed E-state index contributed by atoms with van der Waals surface area (Å²) in [6.45, 7) is 6.44. The normalized spacial score (nSPS) is 19.4. The average molecular weight is 461 g/mol. The summed E-state index contributed by atoms with van der Waals surface area (Å²) in [5.74, 6) is 0.335. The highest BCUT2D eigenvalue weighted by molar-refractivity contribution is 6.42. The average Bonchev–Trinajstić information content (AvgIpc) is 2.68. The van der Waals surface area contributed by atoms with Gasteiger partial charge in [-0.1, -0.05) is 23.2 Å². The Bertz CT molecular complexity index is 766. The molecule has 1 saturated heterocycles. The number of amides is 1. The van der Waals surface area contributed by atoms with Crippen LogP contribution in [0.1, 0.15) is 45.1 Å². The molecule has 2 unspecified atom stereocenters. The molecule has 2 atom stereocenters. The fourth-order valence-corrected chi connectivity index (χ4v) is 4.06. The fraction of sp³-hybridized carbons (Fsp3) is 0.619. The SMILES string of the molecule is COC(=O)CNCC1CC(c2c(OC)ccc(Cl)c2Cl)CCN1C(=O)OC(C)(C)C. The summed E-state index contributed by atoms with van der Waals surface area (Å²) in [5.41, 5.74) is 0.241. The molecule has 1 aliphatic heterocycles. The van der Waals surface area contributed by atoms with E-state index in [1.54, 1.807) is 24.1 Å². The Hall–Kier alpha value is -1.70. The minimum atomic E-state index is -0.600. The van der Waals surface area contributed by atoms with Crippen molar-refractivity contribution in [1.82, 2.24) is 10.2 Å². The van der Waals surface area contributed by atoms with E-state index in [9.17, 15) is 9.59 Å². The van der Waals surface area contributed by atoms with Gasteiger partial charge in [0.2, 0.25) is 0 Å². The number of benzene rings is 1. The molecular formula is C21H30Cl2N2O5. The third kappa shape index (κ3) is 6.40. The van der Waals surface area contributed by atoms with Gasteiger partial charge in [-0.05, 0) is 51.7 Å². The van der Waals surface area contributed by atoms with E-state index in [1.807, 2.05) is 20.8 Å². The second kappa shape index (κ2) is 10.6. The number of carbonyl (C=O) groups is 2. The Morgan fingerprint density at radius 1 is 1.23 bits per heavy atom. The van der Waals surface area contributed by atoms with Gasteiger partial charge in [-0.2, -0.15) is 0 Å². The molecule has 168 valence electrons. The Kier molecular flexibility index (Phi) is 8.64. The van der Waals surface area contributed by atoms with Gasteiger partial charge in [-0.15, -0.1) is 0 Å². The van der Waals surface area contributed by atoms with Gasteiger partial charge in [0.1, 0.15) is 11.4 Å². The summed E-state index contributed by atoms with van der Waals surface area (Å²) in [7, 11) is 2.93. The number of nitrogens with one attached hydrogen (secondary N) is 1. The van der Waals surface area contributed by atoms with Gasteiger partial charge in [0.25, 0.3) is 0 Å². The summed E-state index contributed by atoms with van der Waals surface area (Å²) in [6.07, 6.45) is 0.919. The van der Waals surface area contributed by atoms with E-state index >= 15 is 0 Å². The van der Waals surface area contributed by atoms with Crippen LogP contribution in [0.25, 0.3) is 0 Å². The highest BCUT2D eigenvalue weighted by Crippen LogP contribution is 2.43. The molecule has 1 heterocycles. The summed E-state index contributed by atoms with van der Waals surface area (Å²) < 4.78 is 15.8. The van der Waals surface area contributed by atoms with Crippen molar-refractivity contribution in [3.63, 3.8) is 0 Å². The lowest BCUT2D eigenvalue weighted by molar-refractivity contribution is -0.139. The van der Waals surface area contributed by atoms with Crippen molar-refractivity contribution in [2.45, 2.75) is 51.2 Å². The van der Waals surface area contributed by atoms with E-state index in [4.69, 9.17) is 32.7 Å². The molecule has 1 fully saturated rings. The lowest BCUT2D eigenvalue weighted by Crippen LogP contribution is -2.52. The first kappa shape index (κ1) is 24.6. The van der Waals surface area contributed by atoms with Crippen LogP contribution in [0.2, 0.25) is 10.0 Å². The maximum atomic E-state index is 12.8. The number of methoxy groups -OCH3 is 2. The third-order valence-corrected chi connectivity index (χ3v) is 5.76. The topological polar surface area (TPSA) is 77.1 Å². The van der Waals surface area contributed by atoms with E-state index in [1.165, 1.54) is 7.11 Å². The van der Waals surface area contributed by atoms with Crippen LogP contribution in [0.5, 0.6) is 5.75 Å². The van der Waals surface area contributed by atoms with E-state index in [0.29, 0.717) is 41.7 Å². The molecule has 1 aromatic rings. The van der Waals surface area contributed by atoms with Crippen molar-refractivity contribution in [3.8, 4) is 5.75 Å². The predicted molar refractivity (Wildman–Crippen MR) is 117 cm³/mol. The van der Waals surface area contributed by atoms with Crippen LogP contribution in [-0.4, -0.2) is 62.5 Å². The molecule has 2 rings (SSSR count). The monoisotopic (exact) mass is 460 g/mol. The maximum Gasteiger partial charge on any atom is 0.410 e. The number of likely N-dealkylation sites (tertiary alicyclic amines) is 1. The molecule has 0 aliphatic carbocycles. The number of piperidine rings is 1. The van der Waals surface area contributed by atoms with Crippen molar-refractivity contribution in [1.29, 1.82) is 0 Å². The number of hydrogen-bond donors (Lipinski definition) is 1. The van der Waals surface area contributed by atoms with Crippen molar-refractivity contribution in [3.05, 3.63) is 27.7 Å². The summed E-state index contributed by atoms with van der Waals surface area (Å²) in [4.78, 5) is 26.0. The van der Waals surface area contributed by atoms with Crippen molar-refractivity contribution in [2.75, 3.05) is 33.9 Å². The predicted octanol–water partition coefficient (Wildman–Crippen LogP) is 4.25. The number of nitrogens with zero attached hydrogens (tertiary/aromatic N) is 1. The lowest BCUT2D eigenvalue weighted by Gasteiger charge is -2.40. The summed E-state index contributed by atoms with van der Waals surface area (Å²) in [5, 5.41) is 3.99. The molecule has 0 radical (unpaired) electrons. The minimum absolute atomic E-state index is 0.0368. The highest BCUT2D eigenvalue weighted by Gasteiger charge is 2.36. The van der Waals surface area contributed by atoms with Crippen LogP contribution < -0.4 is 10.1 Å². The van der Waals surface area contributed by atoms with Crippen LogP contribution in [0.15, 0.2) is 12.1 Å².